The van der Waals surface area contributed by atoms with E-state index in [0.29, 0.717) is 46.6 Å². The smallest absolute Gasteiger partial charge is 0.332 e. The second kappa shape index (κ2) is 7.21. The van der Waals surface area contributed by atoms with Crippen LogP contribution in [0, 0.1) is 5.92 Å². The van der Waals surface area contributed by atoms with Crippen LogP contribution in [0.3, 0.4) is 0 Å². The summed E-state index contributed by atoms with van der Waals surface area (Å²) >= 11 is 6.25. The Labute approximate surface area is 192 Å². The Morgan fingerprint density at radius 1 is 1.21 bits per heavy atom. The van der Waals surface area contributed by atoms with Gasteiger partial charge in [-0.05, 0) is 42.5 Å². The molecule has 0 aliphatic heterocycles. The third-order valence-electron chi connectivity index (χ3n) is 6.45. The fraction of sp³-hybridized carbons (Fsp3) is 0.304. The number of imidazole rings is 1. The molecule has 1 fully saturated rings. The average molecular weight is 464 g/mol. The monoisotopic (exact) mass is 463 g/mol. The van der Waals surface area contributed by atoms with Gasteiger partial charge < -0.3 is 9.55 Å². The predicted octanol–water partition coefficient (Wildman–Crippen LogP) is 2.89. The van der Waals surface area contributed by atoms with Crippen molar-refractivity contribution in [2.24, 2.45) is 20.0 Å². The molecule has 4 aromatic heterocycles. The van der Waals surface area contributed by atoms with Crippen molar-refractivity contribution in [2.45, 2.75) is 25.9 Å². The standard InChI is InChI=1S/C23H22ClN7O2/c1-28-8-7-25-21(28)19-18-20(30(11-13-3-4-13)23(33)29(2)22(18)32)27-31(19)12-14-10-26-17-6-5-15(24)9-16(14)17/h5-10,13,26H,3-4,11-12H2,1-2H3. The van der Waals surface area contributed by atoms with E-state index in [2.05, 4.69) is 9.97 Å². The van der Waals surface area contributed by atoms with Gasteiger partial charge in [-0.1, -0.05) is 11.6 Å². The van der Waals surface area contributed by atoms with E-state index in [1.807, 2.05) is 42.2 Å². The molecule has 168 valence electrons. The molecule has 0 saturated heterocycles. The number of aromatic amines is 1. The minimum absolute atomic E-state index is 0.339. The highest BCUT2D eigenvalue weighted by atomic mass is 35.5. The second-order valence-corrected chi connectivity index (χ2v) is 9.21. The van der Waals surface area contributed by atoms with Crippen LogP contribution in [0.25, 0.3) is 33.5 Å². The quantitative estimate of drug-likeness (QED) is 0.433. The van der Waals surface area contributed by atoms with E-state index in [9.17, 15) is 9.59 Å². The summed E-state index contributed by atoms with van der Waals surface area (Å²) in [6.07, 6.45) is 7.61. The largest absolute Gasteiger partial charge is 0.361 e. The predicted molar refractivity (Wildman–Crippen MR) is 127 cm³/mol. The molecule has 1 aliphatic carbocycles. The number of aryl methyl sites for hydroxylation is 1. The molecule has 5 aromatic rings. The zero-order valence-corrected chi connectivity index (χ0v) is 19.0. The normalized spacial score (nSPS) is 14.0. The van der Waals surface area contributed by atoms with Crippen LogP contribution in [0.15, 0.2) is 46.4 Å². The van der Waals surface area contributed by atoms with Crippen molar-refractivity contribution in [2.75, 3.05) is 0 Å². The highest BCUT2D eigenvalue weighted by Crippen LogP contribution is 2.32. The summed E-state index contributed by atoms with van der Waals surface area (Å²) in [5.41, 5.74) is 2.24. The van der Waals surface area contributed by atoms with E-state index < -0.39 is 0 Å². The van der Waals surface area contributed by atoms with Crippen molar-refractivity contribution >= 4 is 33.5 Å². The van der Waals surface area contributed by atoms with Gasteiger partial charge in [0, 0.05) is 55.2 Å². The minimum Gasteiger partial charge on any atom is -0.361 e. The maximum atomic E-state index is 13.3. The summed E-state index contributed by atoms with van der Waals surface area (Å²) in [5, 5.41) is 6.86. The lowest BCUT2D eigenvalue weighted by atomic mass is 10.1. The molecule has 1 N–H and O–H groups in total. The van der Waals surface area contributed by atoms with Gasteiger partial charge in [0.2, 0.25) is 0 Å². The molecule has 33 heavy (non-hydrogen) atoms. The molecule has 0 spiro atoms. The Kier molecular flexibility index (Phi) is 4.38. The molecule has 9 nitrogen and oxygen atoms in total. The van der Waals surface area contributed by atoms with E-state index >= 15 is 0 Å². The molecule has 4 heterocycles. The zero-order chi connectivity index (χ0) is 22.9. The van der Waals surface area contributed by atoms with Crippen molar-refractivity contribution < 1.29 is 0 Å². The van der Waals surface area contributed by atoms with Gasteiger partial charge >= 0.3 is 5.69 Å². The third kappa shape index (κ3) is 3.14. The van der Waals surface area contributed by atoms with Crippen LogP contribution in [0.4, 0.5) is 0 Å². The highest BCUT2D eigenvalue weighted by molar-refractivity contribution is 6.31. The van der Waals surface area contributed by atoms with E-state index in [-0.39, 0.29) is 11.2 Å². The Bertz CT molecular complexity index is 1660. The van der Waals surface area contributed by atoms with Gasteiger partial charge in [-0.3, -0.25) is 18.6 Å². The lowest BCUT2D eigenvalue weighted by molar-refractivity contribution is 0.572. The van der Waals surface area contributed by atoms with Crippen LogP contribution >= 0.6 is 11.6 Å². The molecule has 0 unspecified atom stereocenters. The van der Waals surface area contributed by atoms with Crippen molar-refractivity contribution in [3.05, 3.63) is 68.2 Å². The number of halogens is 1. The van der Waals surface area contributed by atoms with E-state index in [0.717, 1.165) is 29.3 Å². The second-order valence-electron chi connectivity index (χ2n) is 8.77. The Morgan fingerprint density at radius 3 is 2.76 bits per heavy atom. The lowest BCUT2D eigenvalue weighted by Crippen LogP contribution is -2.38. The van der Waals surface area contributed by atoms with Crippen LogP contribution < -0.4 is 11.2 Å². The molecule has 1 aromatic carbocycles. The van der Waals surface area contributed by atoms with Crippen LogP contribution in [-0.2, 0) is 27.2 Å². The Balaban J connectivity index is 1.64. The number of benzene rings is 1. The molecule has 1 aliphatic rings. The first kappa shape index (κ1) is 20.0. The molecule has 1 saturated carbocycles. The zero-order valence-electron chi connectivity index (χ0n) is 18.2. The fourth-order valence-corrected chi connectivity index (χ4v) is 4.63. The SMILES string of the molecule is Cn1ccnc1-c1c2c(=O)n(C)c(=O)n(CC3CC3)c2nn1Cc1c[nH]c2ccc(Cl)cc12. The topological polar surface area (TPSA) is 95.4 Å². The lowest BCUT2D eigenvalue weighted by Gasteiger charge is -2.08. The van der Waals surface area contributed by atoms with Crippen molar-refractivity contribution in [1.29, 1.82) is 0 Å². The summed E-state index contributed by atoms with van der Waals surface area (Å²) in [7, 11) is 3.40. The molecule has 0 amide bonds. The fourth-order valence-electron chi connectivity index (χ4n) is 4.46. The van der Waals surface area contributed by atoms with Crippen LogP contribution in [0.5, 0.6) is 0 Å². The maximum absolute atomic E-state index is 13.3. The summed E-state index contributed by atoms with van der Waals surface area (Å²) < 4.78 is 6.45. The van der Waals surface area contributed by atoms with Gasteiger partial charge in [0.1, 0.15) is 11.1 Å². The molecule has 6 rings (SSSR count). The molecule has 0 bridgehead atoms. The number of rotatable bonds is 5. The van der Waals surface area contributed by atoms with Gasteiger partial charge in [-0.2, -0.15) is 5.10 Å². The third-order valence-corrected chi connectivity index (χ3v) is 6.68. The number of aromatic nitrogens is 7. The van der Waals surface area contributed by atoms with Gasteiger partial charge in [0.05, 0.1) is 6.54 Å². The van der Waals surface area contributed by atoms with Crippen molar-refractivity contribution in [3.63, 3.8) is 0 Å². The molecule has 0 radical (unpaired) electrons. The molecule has 10 heteroatoms. The number of hydrogen-bond acceptors (Lipinski definition) is 4. The van der Waals surface area contributed by atoms with E-state index in [1.54, 1.807) is 15.4 Å². The highest BCUT2D eigenvalue weighted by Gasteiger charge is 2.28. The minimum atomic E-state index is -0.367. The van der Waals surface area contributed by atoms with Gasteiger partial charge in [0.25, 0.3) is 5.56 Å². The van der Waals surface area contributed by atoms with Gasteiger partial charge in [-0.15, -0.1) is 0 Å². The summed E-state index contributed by atoms with van der Waals surface area (Å²) in [4.78, 5) is 34.1. The van der Waals surface area contributed by atoms with Crippen LogP contribution in [0.1, 0.15) is 18.4 Å². The molecular weight excluding hydrogens is 442 g/mol. The number of fused-ring (bicyclic) bond motifs is 2. The number of H-pyrrole nitrogens is 1. The summed E-state index contributed by atoms with van der Waals surface area (Å²) in [5.74, 6) is 1.06. The first-order chi connectivity index (χ1) is 15.9. The van der Waals surface area contributed by atoms with Crippen molar-refractivity contribution in [3.8, 4) is 11.5 Å². The van der Waals surface area contributed by atoms with Gasteiger partial charge in [-0.25, -0.2) is 9.78 Å². The number of hydrogen-bond donors (Lipinski definition) is 1. The molecular formula is C23H22ClN7O2. The Morgan fingerprint density at radius 2 is 2.03 bits per heavy atom. The number of nitrogens with zero attached hydrogens (tertiary/aromatic N) is 6. The summed E-state index contributed by atoms with van der Waals surface area (Å²) in [6.45, 7) is 0.946. The van der Waals surface area contributed by atoms with E-state index in [1.165, 1.54) is 11.6 Å². The molecule has 0 atom stereocenters. The average Bonchev–Trinajstić information content (AvgIpc) is 3.21. The van der Waals surface area contributed by atoms with Crippen LogP contribution in [-0.4, -0.2) is 33.4 Å². The van der Waals surface area contributed by atoms with Crippen molar-refractivity contribution in [1.82, 2.24) is 33.4 Å². The summed E-state index contributed by atoms with van der Waals surface area (Å²) in [6, 6.07) is 5.68. The Hall–Kier alpha value is -3.59. The van der Waals surface area contributed by atoms with Gasteiger partial charge in [0.15, 0.2) is 11.5 Å². The van der Waals surface area contributed by atoms with E-state index in [4.69, 9.17) is 16.7 Å². The first-order valence-electron chi connectivity index (χ1n) is 10.9. The maximum Gasteiger partial charge on any atom is 0.332 e. The number of nitrogens with one attached hydrogen (secondary N) is 1. The van der Waals surface area contributed by atoms with Crippen LogP contribution in [0.2, 0.25) is 5.02 Å². The first-order valence-corrected chi connectivity index (χ1v) is 11.2.